The van der Waals surface area contributed by atoms with Crippen LogP contribution < -0.4 is 0 Å². The van der Waals surface area contributed by atoms with Crippen molar-refractivity contribution in [2.24, 2.45) is 11.8 Å². The molecule has 0 saturated heterocycles. The van der Waals surface area contributed by atoms with Gasteiger partial charge in [0.1, 0.15) is 0 Å². The van der Waals surface area contributed by atoms with Crippen molar-refractivity contribution in [2.45, 2.75) is 32.3 Å². The van der Waals surface area contributed by atoms with E-state index in [2.05, 4.69) is 13.5 Å². The van der Waals surface area contributed by atoms with Gasteiger partial charge in [-0.2, -0.15) is 0 Å². The third-order valence-electron chi connectivity index (χ3n) is 2.43. The van der Waals surface area contributed by atoms with Crippen molar-refractivity contribution in [1.29, 1.82) is 0 Å². The summed E-state index contributed by atoms with van der Waals surface area (Å²) in [6.07, 6.45) is 5.08. The van der Waals surface area contributed by atoms with Gasteiger partial charge < -0.3 is 5.11 Å². The number of hydrogen-bond acceptors (Lipinski definition) is 1. The first-order valence-corrected chi connectivity index (χ1v) is 4.04. The first kappa shape index (κ1) is 7.80. The van der Waals surface area contributed by atoms with Crippen LogP contribution in [0.3, 0.4) is 0 Å². The minimum Gasteiger partial charge on any atom is -0.393 e. The van der Waals surface area contributed by atoms with Crippen molar-refractivity contribution in [3.8, 4) is 0 Å². The summed E-state index contributed by atoms with van der Waals surface area (Å²) >= 11 is 0. The van der Waals surface area contributed by atoms with Crippen LogP contribution in [0, 0.1) is 11.8 Å². The van der Waals surface area contributed by atoms with Gasteiger partial charge in [0, 0.05) is 5.92 Å². The summed E-state index contributed by atoms with van der Waals surface area (Å²) in [5, 5.41) is 9.47. The summed E-state index contributed by atoms with van der Waals surface area (Å²) in [5.41, 5.74) is 0. The molecule has 0 aromatic carbocycles. The molecule has 0 bridgehead atoms. The molecule has 1 N–H and O–H groups in total. The van der Waals surface area contributed by atoms with Crippen molar-refractivity contribution >= 4 is 0 Å². The molecule has 0 spiro atoms. The maximum atomic E-state index is 9.47. The van der Waals surface area contributed by atoms with E-state index in [0.29, 0.717) is 11.8 Å². The molecule has 1 fully saturated rings. The Morgan fingerprint density at radius 3 is 2.70 bits per heavy atom. The van der Waals surface area contributed by atoms with Crippen LogP contribution in [0.5, 0.6) is 0 Å². The van der Waals surface area contributed by atoms with Crippen LogP contribution in [0.4, 0.5) is 0 Å². The van der Waals surface area contributed by atoms with Crippen LogP contribution in [-0.2, 0) is 0 Å². The summed E-state index contributed by atoms with van der Waals surface area (Å²) in [5.74, 6) is 1.06. The van der Waals surface area contributed by atoms with E-state index in [1.54, 1.807) is 0 Å². The molecule has 0 amide bonds. The smallest absolute Gasteiger partial charge is 0.0605 e. The molecule has 58 valence electrons. The predicted octanol–water partition coefficient (Wildman–Crippen LogP) is 1.97. The highest BCUT2D eigenvalue weighted by atomic mass is 16.3. The largest absolute Gasteiger partial charge is 0.393 e. The Labute approximate surface area is 62.8 Å². The lowest BCUT2D eigenvalue weighted by Gasteiger charge is -2.29. The Kier molecular flexibility index (Phi) is 2.50. The normalized spacial score (nSPS) is 41.2. The predicted molar refractivity (Wildman–Crippen MR) is 42.7 cm³/mol. The van der Waals surface area contributed by atoms with Gasteiger partial charge in [0.2, 0.25) is 0 Å². The number of aliphatic hydroxyl groups excluding tert-OH is 1. The number of aliphatic hydroxyl groups is 1. The fourth-order valence-electron chi connectivity index (χ4n) is 1.65. The van der Waals surface area contributed by atoms with Gasteiger partial charge in [-0.25, -0.2) is 0 Å². The average Bonchev–Trinajstić information content (AvgIpc) is 1.88. The molecule has 3 unspecified atom stereocenters. The second kappa shape index (κ2) is 3.20. The number of hydrogen-bond donors (Lipinski definition) is 1. The van der Waals surface area contributed by atoms with Crippen LogP contribution >= 0.6 is 0 Å². The minimum absolute atomic E-state index is 0.124. The Bertz CT molecular complexity index is 120. The minimum atomic E-state index is -0.124. The zero-order chi connectivity index (χ0) is 7.56. The van der Waals surface area contributed by atoms with Crippen LogP contribution in [0.25, 0.3) is 0 Å². The van der Waals surface area contributed by atoms with Gasteiger partial charge in [-0.15, -0.1) is 6.58 Å². The number of rotatable bonds is 1. The van der Waals surface area contributed by atoms with Crippen LogP contribution in [-0.4, -0.2) is 11.2 Å². The van der Waals surface area contributed by atoms with Crippen molar-refractivity contribution in [3.63, 3.8) is 0 Å². The molecule has 1 rings (SSSR count). The van der Waals surface area contributed by atoms with Gasteiger partial charge in [-0.3, -0.25) is 0 Å². The van der Waals surface area contributed by atoms with E-state index in [9.17, 15) is 5.11 Å². The molecule has 1 nitrogen and oxygen atoms in total. The molecule has 1 heteroatoms. The van der Waals surface area contributed by atoms with E-state index in [4.69, 9.17) is 0 Å². The highest BCUT2D eigenvalue weighted by Gasteiger charge is 2.23. The van der Waals surface area contributed by atoms with Crippen LogP contribution in [0.2, 0.25) is 0 Å². The van der Waals surface area contributed by atoms with Gasteiger partial charge in [-0.05, 0) is 25.2 Å². The van der Waals surface area contributed by atoms with Gasteiger partial charge in [0.25, 0.3) is 0 Å². The van der Waals surface area contributed by atoms with E-state index in [-0.39, 0.29) is 6.10 Å². The summed E-state index contributed by atoms with van der Waals surface area (Å²) in [7, 11) is 0. The molecule has 1 aliphatic carbocycles. The van der Waals surface area contributed by atoms with E-state index >= 15 is 0 Å². The SMILES string of the molecule is C=CC1CCC(C)CC1O. The summed E-state index contributed by atoms with van der Waals surface area (Å²) in [4.78, 5) is 0. The zero-order valence-corrected chi connectivity index (χ0v) is 6.59. The lowest BCUT2D eigenvalue weighted by molar-refractivity contribution is 0.0706. The third kappa shape index (κ3) is 1.60. The molecule has 0 aliphatic heterocycles. The van der Waals surface area contributed by atoms with Crippen molar-refractivity contribution in [2.75, 3.05) is 0 Å². The molecule has 0 heterocycles. The zero-order valence-electron chi connectivity index (χ0n) is 6.59. The van der Waals surface area contributed by atoms with Crippen molar-refractivity contribution in [1.82, 2.24) is 0 Å². The molecule has 0 radical (unpaired) electrons. The molecule has 0 aromatic rings. The Hall–Kier alpha value is -0.300. The maximum absolute atomic E-state index is 9.47. The standard InChI is InChI=1S/C9H16O/c1-3-8-5-4-7(2)6-9(8)10/h3,7-10H,1,4-6H2,2H3. The van der Waals surface area contributed by atoms with Gasteiger partial charge in [-0.1, -0.05) is 13.0 Å². The summed E-state index contributed by atoms with van der Waals surface area (Å²) in [6, 6.07) is 0. The Balaban J connectivity index is 2.43. The second-order valence-corrected chi connectivity index (χ2v) is 3.39. The van der Waals surface area contributed by atoms with Crippen LogP contribution in [0.15, 0.2) is 12.7 Å². The maximum Gasteiger partial charge on any atom is 0.0605 e. The molecule has 1 aliphatic rings. The molecule has 10 heavy (non-hydrogen) atoms. The Morgan fingerprint density at radius 2 is 2.20 bits per heavy atom. The van der Waals surface area contributed by atoms with Crippen LogP contribution in [0.1, 0.15) is 26.2 Å². The van der Waals surface area contributed by atoms with E-state index in [1.807, 2.05) is 6.08 Å². The molecule has 3 atom stereocenters. The quantitative estimate of drug-likeness (QED) is 0.552. The monoisotopic (exact) mass is 140 g/mol. The lowest BCUT2D eigenvalue weighted by Crippen LogP contribution is -2.26. The highest BCUT2D eigenvalue weighted by molar-refractivity contribution is 4.88. The van der Waals surface area contributed by atoms with Gasteiger partial charge >= 0.3 is 0 Å². The summed E-state index contributed by atoms with van der Waals surface area (Å²) in [6.45, 7) is 5.90. The Morgan fingerprint density at radius 1 is 1.50 bits per heavy atom. The van der Waals surface area contributed by atoms with E-state index < -0.39 is 0 Å². The van der Waals surface area contributed by atoms with Gasteiger partial charge in [0.15, 0.2) is 0 Å². The van der Waals surface area contributed by atoms with E-state index in [1.165, 1.54) is 6.42 Å². The van der Waals surface area contributed by atoms with Gasteiger partial charge in [0.05, 0.1) is 6.10 Å². The van der Waals surface area contributed by atoms with Crippen molar-refractivity contribution < 1.29 is 5.11 Å². The van der Waals surface area contributed by atoms with E-state index in [0.717, 1.165) is 12.8 Å². The molecule has 0 aromatic heterocycles. The van der Waals surface area contributed by atoms with Crippen molar-refractivity contribution in [3.05, 3.63) is 12.7 Å². The highest BCUT2D eigenvalue weighted by Crippen LogP contribution is 2.28. The molecular weight excluding hydrogens is 124 g/mol. The summed E-state index contributed by atoms with van der Waals surface area (Å²) < 4.78 is 0. The second-order valence-electron chi connectivity index (χ2n) is 3.39. The average molecular weight is 140 g/mol. The first-order chi connectivity index (χ1) is 4.74. The fourth-order valence-corrected chi connectivity index (χ4v) is 1.65. The topological polar surface area (TPSA) is 20.2 Å². The first-order valence-electron chi connectivity index (χ1n) is 4.04. The third-order valence-corrected chi connectivity index (χ3v) is 2.43. The lowest BCUT2D eigenvalue weighted by atomic mass is 9.81. The fraction of sp³-hybridized carbons (Fsp3) is 0.778. The molecule has 1 saturated carbocycles. The molecular formula is C9H16O.